The Hall–Kier alpha value is -2.58. The summed E-state index contributed by atoms with van der Waals surface area (Å²) in [4.78, 5) is 76.8. The molecule has 6 atom stereocenters. The average molecular weight is 461 g/mol. The number of amides is 4. The fourth-order valence-electron chi connectivity index (χ4n) is 7.61. The van der Waals surface area contributed by atoms with Gasteiger partial charge in [0.05, 0.1) is 10.8 Å². The lowest BCUT2D eigenvalue weighted by Crippen LogP contribution is -2.64. The lowest BCUT2D eigenvalue weighted by Gasteiger charge is -2.53. The zero-order valence-electron chi connectivity index (χ0n) is 20.1. The van der Waals surface area contributed by atoms with E-state index in [0.717, 1.165) is 0 Å². The Morgan fingerprint density at radius 2 is 0.788 bits per heavy atom. The lowest BCUT2D eigenvalue weighted by molar-refractivity contribution is -0.187. The summed E-state index contributed by atoms with van der Waals surface area (Å²) in [6.07, 6.45) is 1.24. The van der Waals surface area contributed by atoms with Crippen LogP contribution in [-0.4, -0.2) is 35.6 Å². The van der Waals surface area contributed by atoms with Gasteiger partial charge in [0.1, 0.15) is 0 Å². The van der Waals surface area contributed by atoms with Gasteiger partial charge in [0.2, 0.25) is 23.6 Å². The SMILES string of the molecule is CC1(C(=O)OC(=O)C2(C)C[C@@]3(C)C[C@@](C)(C2)C(=O)NC3=O)C[C@@]2(C)C[C@@](C)(C1)C(=O)NC2=O. The maximum atomic E-state index is 13.3. The number of rotatable bonds is 2. The molecule has 4 rings (SSSR count). The van der Waals surface area contributed by atoms with Crippen molar-refractivity contribution in [3.8, 4) is 0 Å². The minimum atomic E-state index is -1.22. The Kier molecular flexibility index (Phi) is 4.65. The number of fused-ring (bicyclic) bond motifs is 4. The van der Waals surface area contributed by atoms with E-state index in [2.05, 4.69) is 10.6 Å². The molecule has 33 heavy (non-hydrogen) atoms. The third-order valence-electron chi connectivity index (χ3n) is 8.50. The van der Waals surface area contributed by atoms with Gasteiger partial charge in [0.15, 0.2) is 0 Å². The van der Waals surface area contributed by atoms with Crippen LogP contribution in [0.5, 0.6) is 0 Å². The molecule has 0 aromatic carbocycles. The summed E-state index contributed by atoms with van der Waals surface area (Å²) in [6.45, 7) is 10.1. The second-order valence-electron chi connectivity index (χ2n) is 12.7. The molecule has 4 fully saturated rings. The van der Waals surface area contributed by atoms with Crippen LogP contribution in [0.3, 0.4) is 0 Å². The summed E-state index contributed by atoms with van der Waals surface area (Å²) in [6, 6.07) is 0. The van der Waals surface area contributed by atoms with Gasteiger partial charge in [0, 0.05) is 21.7 Å². The Labute approximate surface area is 192 Å². The minimum absolute atomic E-state index is 0.147. The van der Waals surface area contributed by atoms with Crippen molar-refractivity contribution in [2.75, 3.05) is 0 Å². The van der Waals surface area contributed by atoms with Crippen molar-refractivity contribution in [2.45, 2.75) is 80.1 Å². The van der Waals surface area contributed by atoms with Crippen molar-refractivity contribution in [1.82, 2.24) is 10.6 Å². The smallest absolute Gasteiger partial charge is 0.319 e. The van der Waals surface area contributed by atoms with Crippen LogP contribution in [0.15, 0.2) is 0 Å². The van der Waals surface area contributed by atoms with E-state index in [1.165, 1.54) is 0 Å². The Morgan fingerprint density at radius 1 is 0.545 bits per heavy atom. The van der Waals surface area contributed by atoms with Crippen molar-refractivity contribution < 1.29 is 33.5 Å². The molecule has 2 N–H and O–H groups in total. The van der Waals surface area contributed by atoms with Gasteiger partial charge < -0.3 is 4.74 Å². The number of carbonyl (C=O) groups excluding carboxylic acids is 6. The maximum Gasteiger partial charge on any atom is 0.319 e. The molecule has 2 aliphatic carbocycles. The summed E-state index contributed by atoms with van der Waals surface area (Å²) >= 11 is 0. The molecule has 2 unspecified atom stereocenters. The van der Waals surface area contributed by atoms with Crippen LogP contribution in [-0.2, 0) is 33.5 Å². The Balaban J connectivity index is 1.59. The van der Waals surface area contributed by atoms with Gasteiger partial charge in [-0.15, -0.1) is 0 Å². The largest absolute Gasteiger partial charge is 0.392 e. The van der Waals surface area contributed by atoms with E-state index < -0.39 is 68.1 Å². The molecule has 0 spiro atoms. The molecule has 2 saturated heterocycles. The van der Waals surface area contributed by atoms with Gasteiger partial charge in [-0.2, -0.15) is 0 Å². The van der Waals surface area contributed by atoms with Crippen LogP contribution in [0.1, 0.15) is 80.1 Å². The average Bonchev–Trinajstić information content (AvgIpc) is 2.64. The predicted molar refractivity (Wildman–Crippen MR) is 114 cm³/mol. The summed E-state index contributed by atoms with van der Waals surface area (Å²) in [5, 5.41) is 4.82. The van der Waals surface area contributed by atoms with Crippen LogP contribution in [0.25, 0.3) is 0 Å². The van der Waals surface area contributed by atoms with E-state index in [-0.39, 0.29) is 25.7 Å². The molecule has 4 amide bonds. The van der Waals surface area contributed by atoms with Crippen LogP contribution in [0.4, 0.5) is 0 Å². The van der Waals surface area contributed by atoms with Gasteiger partial charge in [0.25, 0.3) is 0 Å². The van der Waals surface area contributed by atoms with Gasteiger partial charge >= 0.3 is 11.9 Å². The fourth-order valence-corrected chi connectivity index (χ4v) is 7.61. The number of esters is 2. The number of imide groups is 2. The van der Waals surface area contributed by atoms with Gasteiger partial charge in [-0.1, -0.05) is 27.7 Å². The molecular formula is C24H32N2O7. The molecule has 2 saturated carbocycles. The van der Waals surface area contributed by atoms with E-state index in [0.29, 0.717) is 12.8 Å². The fraction of sp³-hybridized carbons (Fsp3) is 0.750. The highest BCUT2D eigenvalue weighted by atomic mass is 16.6. The highest BCUT2D eigenvalue weighted by Gasteiger charge is 2.64. The first-order valence-corrected chi connectivity index (χ1v) is 11.4. The van der Waals surface area contributed by atoms with Crippen LogP contribution < -0.4 is 10.6 Å². The molecule has 0 radical (unpaired) electrons. The van der Waals surface area contributed by atoms with Crippen molar-refractivity contribution in [2.24, 2.45) is 32.5 Å². The first-order valence-electron chi connectivity index (χ1n) is 11.4. The predicted octanol–water partition coefficient (Wildman–Crippen LogP) is 1.77. The van der Waals surface area contributed by atoms with Crippen LogP contribution in [0, 0.1) is 32.5 Å². The zero-order chi connectivity index (χ0) is 24.8. The first-order chi connectivity index (χ1) is 14.9. The number of hydrogen-bond acceptors (Lipinski definition) is 7. The van der Waals surface area contributed by atoms with Crippen LogP contribution in [0.2, 0.25) is 0 Å². The molecule has 9 nitrogen and oxygen atoms in total. The number of ether oxygens (including phenoxy) is 1. The topological polar surface area (TPSA) is 136 Å². The second-order valence-corrected chi connectivity index (χ2v) is 12.7. The van der Waals surface area contributed by atoms with Crippen molar-refractivity contribution in [3.05, 3.63) is 0 Å². The molecule has 4 aliphatic rings. The van der Waals surface area contributed by atoms with Crippen molar-refractivity contribution >= 4 is 35.6 Å². The maximum absolute atomic E-state index is 13.3. The highest BCUT2D eigenvalue weighted by Crippen LogP contribution is 2.59. The number of hydrogen-bond donors (Lipinski definition) is 2. The summed E-state index contributed by atoms with van der Waals surface area (Å²) in [5.41, 5.74) is -6.17. The summed E-state index contributed by atoms with van der Waals surface area (Å²) in [7, 11) is 0. The molecule has 2 aliphatic heterocycles. The Morgan fingerprint density at radius 3 is 1.03 bits per heavy atom. The first kappa shape index (κ1) is 23.6. The van der Waals surface area contributed by atoms with Gasteiger partial charge in [-0.25, -0.2) is 0 Å². The third-order valence-corrected chi connectivity index (χ3v) is 8.50. The van der Waals surface area contributed by atoms with E-state index in [9.17, 15) is 28.8 Å². The van der Waals surface area contributed by atoms with Crippen molar-refractivity contribution in [1.29, 1.82) is 0 Å². The quantitative estimate of drug-likeness (QED) is 0.364. The molecule has 0 aromatic heterocycles. The van der Waals surface area contributed by atoms with Gasteiger partial charge in [-0.05, 0) is 52.4 Å². The van der Waals surface area contributed by atoms with E-state index in [4.69, 9.17) is 4.74 Å². The summed E-state index contributed by atoms with van der Waals surface area (Å²) < 4.78 is 5.42. The van der Waals surface area contributed by atoms with E-state index in [1.807, 2.05) is 0 Å². The molecule has 0 aromatic rings. The molecule has 2 heterocycles. The van der Waals surface area contributed by atoms with Crippen molar-refractivity contribution in [3.63, 3.8) is 0 Å². The molecule has 180 valence electrons. The van der Waals surface area contributed by atoms with Crippen LogP contribution >= 0.6 is 0 Å². The van der Waals surface area contributed by atoms with Gasteiger partial charge in [-0.3, -0.25) is 39.4 Å². The normalized spacial score (nSPS) is 46.8. The molecule has 9 heteroatoms. The van der Waals surface area contributed by atoms with E-state index >= 15 is 0 Å². The third kappa shape index (κ3) is 3.34. The van der Waals surface area contributed by atoms with E-state index in [1.54, 1.807) is 41.5 Å². The standard InChI is InChI=1S/C24H32N2O7/c1-19-7-20(2,14(28)25-13(19)27)10-23(5,9-19)17(31)33-18(32)24(6)11-21(3)8-22(4,12-24)16(30)26-15(21)29/h7-12H2,1-6H3,(H,25,27,28)(H,26,29,30)/t19-,20+,21-,22+,23?,24?. The number of nitrogens with one attached hydrogen (secondary N) is 2. The number of carbonyl (C=O) groups is 6. The highest BCUT2D eigenvalue weighted by molar-refractivity contribution is 6.06. The number of piperidine rings is 2. The molecular weight excluding hydrogens is 428 g/mol. The molecule has 4 bridgehead atoms. The Bertz CT molecular complexity index is 898. The monoisotopic (exact) mass is 460 g/mol. The zero-order valence-corrected chi connectivity index (χ0v) is 20.1. The second kappa shape index (κ2) is 6.51. The minimum Gasteiger partial charge on any atom is -0.392 e. The lowest BCUT2D eigenvalue weighted by atomic mass is 9.52. The summed E-state index contributed by atoms with van der Waals surface area (Å²) in [5.74, 6) is -3.26.